The predicted octanol–water partition coefficient (Wildman–Crippen LogP) is 2.26. The molecule has 0 radical (unpaired) electrons. The molecular formula is C15H26N2O2. The molecule has 1 fully saturated rings. The third-order valence-electron chi connectivity index (χ3n) is 3.75. The lowest BCUT2D eigenvalue weighted by atomic mass is 10.1. The Morgan fingerprint density at radius 1 is 1.58 bits per heavy atom. The molecule has 2 rings (SSSR count). The zero-order chi connectivity index (χ0) is 13.5. The highest BCUT2D eigenvalue weighted by molar-refractivity contribution is 4.97. The van der Waals surface area contributed by atoms with Gasteiger partial charge in [0.25, 0.3) is 0 Å². The highest BCUT2D eigenvalue weighted by atomic mass is 16.5. The molecule has 0 aliphatic carbocycles. The molecule has 0 saturated carbocycles. The molecule has 0 spiro atoms. The van der Waals surface area contributed by atoms with Gasteiger partial charge in [-0.25, -0.2) is 0 Å². The maximum absolute atomic E-state index is 5.75. The molecule has 2 atom stereocenters. The van der Waals surface area contributed by atoms with Crippen LogP contribution in [-0.2, 0) is 11.3 Å². The Bertz CT molecular complexity index is 338. The fraction of sp³-hybridized carbons (Fsp3) is 0.733. The van der Waals surface area contributed by atoms with Crippen LogP contribution in [-0.4, -0.2) is 43.3 Å². The third-order valence-corrected chi connectivity index (χ3v) is 3.75. The van der Waals surface area contributed by atoms with E-state index in [1.165, 1.54) is 19.4 Å². The number of piperidine rings is 1. The van der Waals surface area contributed by atoms with Gasteiger partial charge in [-0.2, -0.15) is 0 Å². The Morgan fingerprint density at radius 3 is 3.21 bits per heavy atom. The molecule has 0 amide bonds. The Morgan fingerprint density at radius 2 is 2.47 bits per heavy atom. The zero-order valence-electron chi connectivity index (χ0n) is 12.1. The Labute approximate surface area is 116 Å². The fourth-order valence-electron chi connectivity index (χ4n) is 2.68. The largest absolute Gasteiger partial charge is 0.468 e. The minimum absolute atomic E-state index is 0.422. The van der Waals surface area contributed by atoms with Gasteiger partial charge in [0.05, 0.1) is 18.9 Å². The van der Waals surface area contributed by atoms with E-state index in [4.69, 9.17) is 9.15 Å². The summed E-state index contributed by atoms with van der Waals surface area (Å²) in [5.74, 6) is 0.998. The highest BCUT2D eigenvalue weighted by Crippen LogP contribution is 2.15. The van der Waals surface area contributed by atoms with Crippen molar-refractivity contribution in [3.8, 4) is 0 Å². The molecule has 108 valence electrons. The van der Waals surface area contributed by atoms with E-state index in [0.29, 0.717) is 12.1 Å². The number of nitrogens with one attached hydrogen (secondary N) is 1. The molecule has 0 aromatic carbocycles. The molecule has 1 aromatic heterocycles. The summed E-state index contributed by atoms with van der Waals surface area (Å²) in [6, 6.07) is 4.47. The van der Waals surface area contributed by atoms with Crippen LogP contribution in [0, 0.1) is 0 Å². The first-order chi connectivity index (χ1) is 9.29. The van der Waals surface area contributed by atoms with Crippen molar-refractivity contribution < 1.29 is 9.15 Å². The molecule has 1 aliphatic rings. The van der Waals surface area contributed by atoms with Crippen LogP contribution in [0.2, 0.25) is 0 Å². The number of likely N-dealkylation sites (tertiary alicyclic amines) is 1. The van der Waals surface area contributed by atoms with E-state index in [-0.39, 0.29) is 0 Å². The van der Waals surface area contributed by atoms with Crippen molar-refractivity contribution >= 4 is 0 Å². The van der Waals surface area contributed by atoms with Gasteiger partial charge in [0, 0.05) is 25.7 Å². The zero-order valence-corrected chi connectivity index (χ0v) is 12.1. The van der Waals surface area contributed by atoms with Crippen molar-refractivity contribution in [1.29, 1.82) is 0 Å². The van der Waals surface area contributed by atoms with Crippen molar-refractivity contribution in [2.45, 2.75) is 45.4 Å². The van der Waals surface area contributed by atoms with Gasteiger partial charge in [-0.1, -0.05) is 0 Å². The quantitative estimate of drug-likeness (QED) is 0.821. The maximum atomic E-state index is 5.75. The first kappa shape index (κ1) is 14.6. The lowest BCUT2D eigenvalue weighted by Gasteiger charge is -2.36. The fourth-order valence-corrected chi connectivity index (χ4v) is 2.68. The van der Waals surface area contributed by atoms with Gasteiger partial charge < -0.3 is 14.5 Å². The van der Waals surface area contributed by atoms with Gasteiger partial charge >= 0.3 is 0 Å². The van der Waals surface area contributed by atoms with Crippen molar-refractivity contribution in [3.05, 3.63) is 24.2 Å². The number of rotatable bonds is 7. The van der Waals surface area contributed by atoms with Crippen molar-refractivity contribution in [2.75, 3.05) is 26.2 Å². The summed E-state index contributed by atoms with van der Waals surface area (Å²) in [5, 5.41) is 3.46. The summed E-state index contributed by atoms with van der Waals surface area (Å²) in [7, 11) is 0. The highest BCUT2D eigenvalue weighted by Gasteiger charge is 2.23. The minimum Gasteiger partial charge on any atom is -0.468 e. The lowest BCUT2D eigenvalue weighted by Crippen LogP contribution is -2.47. The summed E-state index contributed by atoms with van der Waals surface area (Å²) in [6.07, 6.45) is 4.59. The standard InChI is InChI=1S/C15H26N2O2/c1-3-18-15-6-4-8-17(12-15)13(2)10-16-11-14-7-5-9-19-14/h5,7,9,13,15-16H,3-4,6,8,10-12H2,1-2H3. The minimum atomic E-state index is 0.422. The molecular weight excluding hydrogens is 240 g/mol. The second-order valence-electron chi connectivity index (χ2n) is 5.27. The lowest BCUT2D eigenvalue weighted by molar-refractivity contribution is -0.00493. The van der Waals surface area contributed by atoms with E-state index in [0.717, 1.165) is 32.0 Å². The van der Waals surface area contributed by atoms with Gasteiger partial charge in [-0.15, -0.1) is 0 Å². The van der Waals surface area contributed by atoms with Crippen molar-refractivity contribution in [2.24, 2.45) is 0 Å². The maximum Gasteiger partial charge on any atom is 0.117 e. The van der Waals surface area contributed by atoms with Crippen LogP contribution >= 0.6 is 0 Å². The summed E-state index contributed by atoms with van der Waals surface area (Å²) < 4.78 is 11.1. The van der Waals surface area contributed by atoms with E-state index >= 15 is 0 Å². The predicted molar refractivity (Wildman–Crippen MR) is 76.1 cm³/mol. The van der Waals surface area contributed by atoms with Crippen molar-refractivity contribution in [1.82, 2.24) is 10.2 Å². The van der Waals surface area contributed by atoms with E-state index in [9.17, 15) is 0 Å². The molecule has 2 heterocycles. The summed E-state index contributed by atoms with van der Waals surface area (Å²) in [4.78, 5) is 2.53. The Kier molecular flexibility index (Phi) is 5.89. The number of hydrogen-bond acceptors (Lipinski definition) is 4. The number of nitrogens with zero attached hydrogens (tertiary/aromatic N) is 1. The summed E-state index contributed by atoms with van der Waals surface area (Å²) >= 11 is 0. The van der Waals surface area contributed by atoms with Crippen LogP contribution in [0.1, 0.15) is 32.4 Å². The van der Waals surface area contributed by atoms with Gasteiger partial charge in [-0.3, -0.25) is 4.90 Å². The second kappa shape index (κ2) is 7.68. The van der Waals surface area contributed by atoms with Gasteiger partial charge in [0.1, 0.15) is 5.76 Å². The smallest absolute Gasteiger partial charge is 0.117 e. The first-order valence-electron chi connectivity index (χ1n) is 7.38. The van der Waals surface area contributed by atoms with Crippen LogP contribution in [0.4, 0.5) is 0 Å². The molecule has 1 aromatic rings. The first-order valence-corrected chi connectivity index (χ1v) is 7.38. The Hall–Kier alpha value is -0.840. The van der Waals surface area contributed by atoms with E-state index in [1.54, 1.807) is 6.26 Å². The number of hydrogen-bond donors (Lipinski definition) is 1. The molecule has 1 saturated heterocycles. The average Bonchev–Trinajstić information content (AvgIpc) is 2.92. The van der Waals surface area contributed by atoms with Gasteiger partial charge in [-0.05, 0) is 45.4 Å². The van der Waals surface area contributed by atoms with E-state index < -0.39 is 0 Å². The number of furan rings is 1. The van der Waals surface area contributed by atoms with Crippen molar-refractivity contribution in [3.63, 3.8) is 0 Å². The Balaban J connectivity index is 1.68. The second-order valence-corrected chi connectivity index (χ2v) is 5.27. The molecule has 4 nitrogen and oxygen atoms in total. The average molecular weight is 266 g/mol. The van der Waals surface area contributed by atoms with Crippen LogP contribution < -0.4 is 5.32 Å². The van der Waals surface area contributed by atoms with Crippen LogP contribution in [0.5, 0.6) is 0 Å². The third kappa shape index (κ3) is 4.64. The molecule has 4 heteroatoms. The normalized spacial score (nSPS) is 22.5. The van der Waals surface area contributed by atoms with Crippen LogP contribution in [0.15, 0.2) is 22.8 Å². The summed E-state index contributed by atoms with van der Waals surface area (Å²) in [5.41, 5.74) is 0. The molecule has 0 bridgehead atoms. The van der Waals surface area contributed by atoms with Gasteiger partial charge in [0.15, 0.2) is 0 Å². The van der Waals surface area contributed by atoms with Crippen LogP contribution in [0.25, 0.3) is 0 Å². The SMILES string of the molecule is CCOC1CCCN(C(C)CNCc2ccco2)C1. The number of ether oxygens (including phenoxy) is 1. The van der Waals surface area contributed by atoms with E-state index in [2.05, 4.69) is 24.1 Å². The summed E-state index contributed by atoms with van der Waals surface area (Å²) in [6.45, 7) is 9.23. The molecule has 2 unspecified atom stereocenters. The topological polar surface area (TPSA) is 37.6 Å². The molecule has 19 heavy (non-hydrogen) atoms. The van der Waals surface area contributed by atoms with E-state index in [1.807, 2.05) is 12.1 Å². The van der Waals surface area contributed by atoms with Crippen LogP contribution in [0.3, 0.4) is 0 Å². The molecule has 1 aliphatic heterocycles. The van der Waals surface area contributed by atoms with Gasteiger partial charge in [0.2, 0.25) is 0 Å². The monoisotopic (exact) mass is 266 g/mol. The molecule has 1 N–H and O–H groups in total.